The van der Waals surface area contributed by atoms with Crippen molar-refractivity contribution < 1.29 is 4.79 Å². The van der Waals surface area contributed by atoms with Crippen molar-refractivity contribution in [2.75, 3.05) is 6.54 Å². The van der Waals surface area contributed by atoms with Crippen LogP contribution in [0.1, 0.15) is 6.42 Å². The van der Waals surface area contributed by atoms with Crippen molar-refractivity contribution in [2.45, 2.75) is 11.8 Å². The summed E-state index contributed by atoms with van der Waals surface area (Å²) in [4.78, 5) is 12.9. The van der Waals surface area contributed by atoms with Gasteiger partial charge in [-0.15, -0.1) is 0 Å². The molecule has 2 aliphatic heterocycles. The SMILES string of the molecule is O=C1C=CN2CCC2S1. The molecular weight excluding hydrogens is 134 g/mol. The van der Waals surface area contributed by atoms with Gasteiger partial charge in [-0.25, -0.2) is 0 Å². The normalized spacial score (nSPS) is 31.8. The largest absolute Gasteiger partial charge is 0.365 e. The predicted molar refractivity (Wildman–Crippen MR) is 36.8 cm³/mol. The second-order valence-electron chi connectivity index (χ2n) is 2.23. The Kier molecular flexibility index (Phi) is 1.05. The first kappa shape index (κ1) is 5.35. The van der Waals surface area contributed by atoms with Crippen molar-refractivity contribution in [1.29, 1.82) is 0 Å². The Labute approximate surface area is 57.9 Å². The van der Waals surface area contributed by atoms with Crippen LogP contribution in [0.15, 0.2) is 12.3 Å². The summed E-state index contributed by atoms with van der Waals surface area (Å²) < 4.78 is 0. The summed E-state index contributed by atoms with van der Waals surface area (Å²) in [5, 5.41) is 0.679. The number of carbonyl (C=O) groups is 1. The first-order valence-electron chi connectivity index (χ1n) is 3.01. The summed E-state index contributed by atoms with van der Waals surface area (Å²) in [6.07, 6.45) is 4.70. The van der Waals surface area contributed by atoms with Gasteiger partial charge in [0.15, 0.2) is 0 Å². The van der Waals surface area contributed by atoms with Crippen molar-refractivity contribution in [3.63, 3.8) is 0 Å². The van der Waals surface area contributed by atoms with Gasteiger partial charge in [0.25, 0.3) is 0 Å². The van der Waals surface area contributed by atoms with Crippen LogP contribution in [0, 0.1) is 0 Å². The number of hydrogen-bond acceptors (Lipinski definition) is 3. The minimum Gasteiger partial charge on any atom is -0.365 e. The Morgan fingerprint density at radius 2 is 2.67 bits per heavy atom. The third-order valence-corrected chi connectivity index (χ3v) is 2.81. The van der Waals surface area contributed by atoms with Gasteiger partial charge in [-0.3, -0.25) is 4.79 Å². The minimum atomic E-state index is 0.205. The highest BCUT2D eigenvalue weighted by Crippen LogP contribution is 2.32. The van der Waals surface area contributed by atoms with Crippen molar-refractivity contribution in [3.05, 3.63) is 12.3 Å². The van der Waals surface area contributed by atoms with Crippen molar-refractivity contribution in [1.82, 2.24) is 4.90 Å². The molecule has 48 valence electrons. The topological polar surface area (TPSA) is 20.3 Å². The number of thioether (sulfide) groups is 1. The van der Waals surface area contributed by atoms with Gasteiger partial charge in [-0.2, -0.15) is 0 Å². The zero-order valence-electron chi connectivity index (χ0n) is 4.91. The van der Waals surface area contributed by atoms with E-state index >= 15 is 0 Å². The first-order valence-corrected chi connectivity index (χ1v) is 3.89. The van der Waals surface area contributed by atoms with E-state index in [2.05, 4.69) is 4.90 Å². The molecule has 0 N–H and O–H groups in total. The minimum absolute atomic E-state index is 0.205. The zero-order valence-corrected chi connectivity index (χ0v) is 5.73. The number of rotatable bonds is 0. The quantitative estimate of drug-likeness (QED) is 0.498. The van der Waals surface area contributed by atoms with Gasteiger partial charge < -0.3 is 4.90 Å². The summed E-state index contributed by atoms with van der Waals surface area (Å²) >= 11 is 1.44. The molecule has 0 amide bonds. The number of hydrogen-bond donors (Lipinski definition) is 0. The summed E-state index contributed by atoms with van der Waals surface area (Å²) in [5.74, 6) is 0. The lowest BCUT2D eigenvalue weighted by molar-refractivity contribution is -0.107. The summed E-state index contributed by atoms with van der Waals surface area (Å²) in [7, 11) is 0. The lowest BCUT2D eigenvalue weighted by Gasteiger charge is -2.40. The molecule has 0 saturated carbocycles. The molecule has 1 atom stereocenters. The fraction of sp³-hybridized carbons (Fsp3) is 0.500. The maximum absolute atomic E-state index is 10.7. The molecule has 0 bridgehead atoms. The van der Waals surface area contributed by atoms with Gasteiger partial charge in [0.1, 0.15) is 0 Å². The molecule has 2 nitrogen and oxygen atoms in total. The second-order valence-corrected chi connectivity index (χ2v) is 3.42. The Balaban J connectivity index is 2.16. The lowest BCUT2D eigenvalue weighted by Crippen LogP contribution is -2.43. The van der Waals surface area contributed by atoms with Crippen LogP contribution < -0.4 is 0 Å². The van der Waals surface area contributed by atoms with Gasteiger partial charge in [-0.1, -0.05) is 11.8 Å². The van der Waals surface area contributed by atoms with E-state index in [0.29, 0.717) is 5.37 Å². The molecule has 1 fully saturated rings. The Bertz CT molecular complexity index is 178. The van der Waals surface area contributed by atoms with Gasteiger partial charge >= 0.3 is 0 Å². The van der Waals surface area contributed by atoms with Crippen LogP contribution in [0.4, 0.5) is 0 Å². The average Bonchev–Trinajstić information content (AvgIpc) is 1.78. The Morgan fingerprint density at radius 3 is 3.11 bits per heavy atom. The van der Waals surface area contributed by atoms with Gasteiger partial charge in [-0.05, 0) is 6.42 Å². The van der Waals surface area contributed by atoms with Crippen LogP contribution in [-0.2, 0) is 4.79 Å². The average molecular weight is 141 g/mol. The molecule has 9 heavy (non-hydrogen) atoms. The third-order valence-electron chi connectivity index (χ3n) is 1.66. The number of nitrogens with zero attached hydrogens (tertiary/aromatic N) is 1. The van der Waals surface area contributed by atoms with Crippen molar-refractivity contribution in [3.8, 4) is 0 Å². The highest BCUT2D eigenvalue weighted by Gasteiger charge is 2.30. The summed E-state index contributed by atoms with van der Waals surface area (Å²) in [6.45, 7) is 1.13. The van der Waals surface area contributed by atoms with E-state index in [4.69, 9.17) is 0 Å². The summed E-state index contributed by atoms with van der Waals surface area (Å²) in [6, 6.07) is 0. The maximum atomic E-state index is 10.7. The predicted octanol–water partition coefficient (Wildman–Crippen LogP) is 0.805. The molecule has 0 aliphatic carbocycles. The fourth-order valence-electron chi connectivity index (χ4n) is 1.01. The van der Waals surface area contributed by atoms with E-state index < -0.39 is 0 Å². The van der Waals surface area contributed by atoms with Crippen molar-refractivity contribution in [2.24, 2.45) is 0 Å². The van der Waals surface area contributed by atoms with Gasteiger partial charge in [0, 0.05) is 18.8 Å². The van der Waals surface area contributed by atoms with E-state index in [0.717, 1.165) is 6.54 Å². The molecule has 2 aliphatic rings. The molecule has 0 radical (unpaired) electrons. The highest BCUT2D eigenvalue weighted by atomic mass is 32.2. The maximum Gasteiger partial charge on any atom is 0.215 e. The first-order chi connectivity index (χ1) is 4.36. The van der Waals surface area contributed by atoms with E-state index in [1.54, 1.807) is 6.08 Å². The van der Waals surface area contributed by atoms with Crippen molar-refractivity contribution >= 4 is 16.9 Å². The number of carbonyl (C=O) groups excluding carboxylic acids is 1. The molecule has 0 spiro atoms. The van der Waals surface area contributed by atoms with Crippen LogP contribution >= 0.6 is 11.8 Å². The fourth-order valence-corrected chi connectivity index (χ4v) is 1.95. The van der Waals surface area contributed by atoms with Crippen LogP contribution in [0.5, 0.6) is 0 Å². The molecule has 0 aromatic rings. The van der Waals surface area contributed by atoms with Crippen LogP contribution in [0.2, 0.25) is 0 Å². The Hall–Kier alpha value is -0.440. The standard InChI is InChI=1S/C6H7NOS/c8-6-2-4-7-3-1-5(7)9-6/h2,4-5H,1,3H2. The van der Waals surface area contributed by atoms with Crippen LogP contribution in [0.25, 0.3) is 0 Å². The molecule has 0 aromatic carbocycles. The van der Waals surface area contributed by atoms with E-state index in [-0.39, 0.29) is 5.12 Å². The third kappa shape index (κ3) is 0.758. The molecular formula is C6H7NOS. The smallest absolute Gasteiger partial charge is 0.215 e. The zero-order chi connectivity index (χ0) is 6.27. The summed E-state index contributed by atoms with van der Waals surface area (Å²) in [5.41, 5.74) is 0. The van der Waals surface area contributed by atoms with Gasteiger partial charge in [0.2, 0.25) is 5.12 Å². The molecule has 3 heteroatoms. The molecule has 0 aromatic heterocycles. The van der Waals surface area contributed by atoms with Gasteiger partial charge in [0.05, 0.1) is 5.37 Å². The Morgan fingerprint density at radius 1 is 1.78 bits per heavy atom. The molecule has 2 heterocycles. The molecule has 2 rings (SSSR count). The molecule has 1 saturated heterocycles. The highest BCUT2D eigenvalue weighted by molar-refractivity contribution is 8.14. The van der Waals surface area contributed by atoms with E-state index in [9.17, 15) is 4.79 Å². The van der Waals surface area contributed by atoms with E-state index in [1.165, 1.54) is 18.2 Å². The molecule has 1 unspecified atom stereocenters. The van der Waals surface area contributed by atoms with Crippen LogP contribution in [0.3, 0.4) is 0 Å². The number of fused-ring (bicyclic) bond motifs is 1. The lowest BCUT2D eigenvalue weighted by atomic mass is 10.2. The van der Waals surface area contributed by atoms with E-state index in [1.807, 2.05) is 6.20 Å². The second kappa shape index (κ2) is 1.77. The monoisotopic (exact) mass is 141 g/mol. The van der Waals surface area contributed by atoms with Crippen LogP contribution in [-0.4, -0.2) is 21.9 Å².